The van der Waals surface area contributed by atoms with E-state index in [1.54, 1.807) is 0 Å². The zero-order valence-electron chi connectivity index (χ0n) is 23.7. The van der Waals surface area contributed by atoms with Crippen molar-refractivity contribution in [2.45, 2.75) is 189 Å². The van der Waals surface area contributed by atoms with Crippen molar-refractivity contribution in [2.24, 2.45) is 17.8 Å². The van der Waals surface area contributed by atoms with Crippen molar-refractivity contribution in [1.29, 1.82) is 0 Å². The summed E-state index contributed by atoms with van der Waals surface area (Å²) in [6, 6.07) is 0. The molecule has 0 spiro atoms. The molecule has 0 aromatic rings. The normalized spacial score (nSPS) is 14.5. The van der Waals surface area contributed by atoms with Crippen molar-refractivity contribution in [3.05, 3.63) is 0 Å². The molecule has 194 valence electrons. The minimum Gasteiger partial charge on any atom is -0.0654 e. The van der Waals surface area contributed by atoms with Gasteiger partial charge in [-0.15, -0.1) is 0 Å². The third-order valence-corrected chi connectivity index (χ3v) is 8.04. The highest BCUT2D eigenvalue weighted by atomic mass is 14.1. The van der Waals surface area contributed by atoms with Gasteiger partial charge < -0.3 is 0 Å². The Hall–Kier alpha value is 0. The van der Waals surface area contributed by atoms with Gasteiger partial charge in [-0.2, -0.15) is 0 Å². The maximum absolute atomic E-state index is 2.50. The predicted molar refractivity (Wildman–Crippen MR) is 150 cm³/mol. The summed E-state index contributed by atoms with van der Waals surface area (Å²) < 4.78 is 0. The third kappa shape index (κ3) is 24.6. The van der Waals surface area contributed by atoms with Crippen molar-refractivity contribution < 1.29 is 0 Å². The van der Waals surface area contributed by atoms with Gasteiger partial charge >= 0.3 is 0 Å². The second kappa shape index (κ2) is 25.6. The third-order valence-electron chi connectivity index (χ3n) is 8.04. The molecule has 0 N–H and O–H groups in total. The molecule has 0 aromatic carbocycles. The van der Waals surface area contributed by atoms with E-state index in [0.717, 1.165) is 17.8 Å². The monoisotopic (exact) mass is 451 g/mol. The maximum atomic E-state index is 2.50. The number of hydrogen-bond donors (Lipinski definition) is 0. The Balaban J connectivity index is 3.25. The molecule has 0 aliphatic carbocycles. The zero-order valence-corrected chi connectivity index (χ0v) is 23.7. The molecular weight excluding hydrogens is 384 g/mol. The first-order chi connectivity index (χ1) is 15.6. The summed E-state index contributed by atoms with van der Waals surface area (Å²) in [5.74, 6) is 2.85. The summed E-state index contributed by atoms with van der Waals surface area (Å²) in [7, 11) is 0. The van der Waals surface area contributed by atoms with Crippen LogP contribution in [-0.2, 0) is 0 Å². The van der Waals surface area contributed by atoms with Gasteiger partial charge in [-0.05, 0) is 17.8 Å². The molecular formula is C32H66. The lowest BCUT2D eigenvalue weighted by atomic mass is 9.93. The van der Waals surface area contributed by atoms with Gasteiger partial charge in [0.25, 0.3) is 0 Å². The standard InChI is InChI=1S/C32H66/c1-6-8-9-10-11-12-13-15-18-21-25-31(4)26-22-19-16-14-17-20-23-27-32(5)29-24-28-30(3)7-2/h30-32H,6-29H2,1-5H3. The zero-order chi connectivity index (χ0) is 23.7. The van der Waals surface area contributed by atoms with Crippen LogP contribution in [0, 0.1) is 17.8 Å². The molecule has 32 heavy (non-hydrogen) atoms. The maximum Gasteiger partial charge on any atom is -0.0443 e. The van der Waals surface area contributed by atoms with Crippen molar-refractivity contribution in [2.75, 3.05) is 0 Å². The largest absolute Gasteiger partial charge is 0.0654 e. The van der Waals surface area contributed by atoms with Gasteiger partial charge in [-0.25, -0.2) is 0 Å². The van der Waals surface area contributed by atoms with Crippen LogP contribution in [0.2, 0.25) is 0 Å². The van der Waals surface area contributed by atoms with Gasteiger partial charge in [-0.1, -0.05) is 189 Å². The Bertz CT molecular complexity index is 333. The van der Waals surface area contributed by atoms with Crippen LogP contribution in [0.4, 0.5) is 0 Å². The van der Waals surface area contributed by atoms with Crippen LogP contribution in [-0.4, -0.2) is 0 Å². The fraction of sp³-hybridized carbons (Fsp3) is 1.00. The molecule has 0 aliphatic rings. The lowest BCUT2D eigenvalue weighted by Crippen LogP contribution is -1.98. The Labute approximate surface area is 206 Å². The first-order valence-electron chi connectivity index (χ1n) is 15.6. The van der Waals surface area contributed by atoms with Gasteiger partial charge in [0.2, 0.25) is 0 Å². The molecule has 0 rings (SSSR count). The van der Waals surface area contributed by atoms with Gasteiger partial charge in [-0.3, -0.25) is 0 Å². The van der Waals surface area contributed by atoms with Crippen LogP contribution in [0.1, 0.15) is 189 Å². The van der Waals surface area contributed by atoms with Crippen molar-refractivity contribution in [3.63, 3.8) is 0 Å². The number of hydrogen-bond acceptors (Lipinski definition) is 0. The number of rotatable bonds is 26. The molecule has 0 aliphatic heterocycles. The second-order valence-electron chi connectivity index (χ2n) is 11.7. The quantitative estimate of drug-likeness (QED) is 0.115. The lowest BCUT2D eigenvalue weighted by Gasteiger charge is -2.13. The second-order valence-corrected chi connectivity index (χ2v) is 11.7. The average Bonchev–Trinajstić information content (AvgIpc) is 2.79. The minimum absolute atomic E-state index is 0.935. The van der Waals surface area contributed by atoms with Gasteiger partial charge in [0.1, 0.15) is 0 Å². The van der Waals surface area contributed by atoms with E-state index in [-0.39, 0.29) is 0 Å². The SMILES string of the molecule is CCCCCCCCCCCCC(C)CCCCCCCCCC(C)CCCC(C)CC. The van der Waals surface area contributed by atoms with Gasteiger partial charge in [0.15, 0.2) is 0 Å². The van der Waals surface area contributed by atoms with Crippen LogP contribution in [0.25, 0.3) is 0 Å². The molecule has 0 aromatic heterocycles. The van der Waals surface area contributed by atoms with Gasteiger partial charge in [0.05, 0.1) is 0 Å². The highest BCUT2D eigenvalue weighted by Crippen LogP contribution is 2.21. The summed E-state index contributed by atoms with van der Waals surface area (Å²) in [6.07, 6.45) is 35.1. The molecule has 0 saturated carbocycles. The minimum atomic E-state index is 0.935. The van der Waals surface area contributed by atoms with Crippen molar-refractivity contribution in [3.8, 4) is 0 Å². The molecule has 0 amide bonds. The van der Waals surface area contributed by atoms with E-state index in [2.05, 4.69) is 34.6 Å². The van der Waals surface area contributed by atoms with Crippen LogP contribution in [0.3, 0.4) is 0 Å². The summed E-state index contributed by atoms with van der Waals surface area (Å²) in [6.45, 7) is 12.0. The highest BCUT2D eigenvalue weighted by Gasteiger charge is 2.05. The molecule has 3 unspecified atom stereocenters. The first-order valence-corrected chi connectivity index (χ1v) is 15.6. The Morgan fingerprint density at radius 3 is 0.938 bits per heavy atom. The lowest BCUT2D eigenvalue weighted by molar-refractivity contribution is 0.403. The van der Waals surface area contributed by atoms with Crippen LogP contribution in [0.5, 0.6) is 0 Å². The van der Waals surface area contributed by atoms with Crippen LogP contribution < -0.4 is 0 Å². The summed E-state index contributed by atoms with van der Waals surface area (Å²) in [5, 5.41) is 0. The smallest absolute Gasteiger partial charge is 0.0443 e. The average molecular weight is 451 g/mol. The molecule has 3 atom stereocenters. The first kappa shape index (κ1) is 32.0. The summed E-state index contributed by atoms with van der Waals surface area (Å²) >= 11 is 0. The van der Waals surface area contributed by atoms with Crippen LogP contribution >= 0.6 is 0 Å². The number of unbranched alkanes of at least 4 members (excludes halogenated alkanes) is 15. The molecule has 0 bridgehead atoms. The molecule has 0 saturated heterocycles. The Morgan fingerprint density at radius 2 is 0.594 bits per heavy atom. The van der Waals surface area contributed by atoms with Crippen molar-refractivity contribution in [1.82, 2.24) is 0 Å². The van der Waals surface area contributed by atoms with E-state index in [1.165, 1.54) is 154 Å². The molecule has 0 heteroatoms. The van der Waals surface area contributed by atoms with E-state index in [1.807, 2.05) is 0 Å². The molecule has 0 nitrogen and oxygen atoms in total. The summed E-state index contributed by atoms with van der Waals surface area (Å²) in [4.78, 5) is 0. The topological polar surface area (TPSA) is 0 Å². The fourth-order valence-electron chi connectivity index (χ4n) is 5.16. The fourth-order valence-corrected chi connectivity index (χ4v) is 5.16. The van der Waals surface area contributed by atoms with E-state index >= 15 is 0 Å². The van der Waals surface area contributed by atoms with Crippen LogP contribution in [0.15, 0.2) is 0 Å². The summed E-state index contributed by atoms with van der Waals surface area (Å²) in [5.41, 5.74) is 0. The van der Waals surface area contributed by atoms with E-state index in [9.17, 15) is 0 Å². The highest BCUT2D eigenvalue weighted by molar-refractivity contribution is 4.59. The molecule has 0 radical (unpaired) electrons. The van der Waals surface area contributed by atoms with E-state index in [0.29, 0.717) is 0 Å². The Kier molecular flexibility index (Phi) is 25.6. The molecule has 0 heterocycles. The van der Waals surface area contributed by atoms with Gasteiger partial charge in [0, 0.05) is 0 Å². The Morgan fingerprint density at radius 1 is 0.312 bits per heavy atom. The van der Waals surface area contributed by atoms with E-state index < -0.39 is 0 Å². The van der Waals surface area contributed by atoms with Crippen molar-refractivity contribution >= 4 is 0 Å². The van der Waals surface area contributed by atoms with E-state index in [4.69, 9.17) is 0 Å². The molecule has 0 fully saturated rings. The predicted octanol–water partition coefficient (Wildman–Crippen LogP) is 12.3.